The largest absolute Gasteiger partial charge is 0.327 e. The van der Waals surface area contributed by atoms with Crippen LogP contribution in [0.5, 0.6) is 0 Å². The molecule has 0 saturated heterocycles. The molecule has 0 aliphatic carbocycles. The zero-order valence-corrected chi connectivity index (χ0v) is 9.64. The average molecular weight is 229 g/mol. The summed E-state index contributed by atoms with van der Waals surface area (Å²) in [7, 11) is 0. The van der Waals surface area contributed by atoms with E-state index in [9.17, 15) is 4.39 Å². The van der Waals surface area contributed by atoms with Gasteiger partial charge < -0.3 is 5.73 Å². The van der Waals surface area contributed by atoms with Crippen molar-refractivity contribution in [3.05, 3.63) is 71.5 Å². The number of hydrogen-bond donors (Lipinski definition) is 1. The predicted molar refractivity (Wildman–Crippen MR) is 68.2 cm³/mol. The van der Waals surface area contributed by atoms with Gasteiger partial charge in [0.2, 0.25) is 0 Å². The summed E-state index contributed by atoms with van der Waals surface area (Å²) < 4.78 is 13.4. The second kappa shape index (κ2) is 5.60. The van der Waals surface area contributed by atoms with E-state index in [1.807, 2.05) is 36.4 Å². The molecule has 2 rings (SSSR count). The van der Waals surface area contributed by atoms with Gasteiger partial charge in [0.1, 0.15) is 5.82 Å². The monoisotopic (exact) mass is 229 g/mol. The van der Waals surface area contributed by atoms with E-state index in [0.717, 1.165) is 6.42 Å². The standard InChI is InChI=1S/C15H16FN/c16-15-9-5-4-8-13(15)11-14(17)10-12-6-2-1-3-7-12/h1-9,14H,10-11,17H2. The maximum absolute atomic E-state index is 13.4. The Balaban J connectivity index is 1.98. The molecule has 0 radical (unpaired) electrons. The highest BCUT2D eigenvalue weighted by atomic mass is 19.1. The molecular formula is C15H16FN. The maximum Gasteiger partial charge on any atom is 0.126 e. The van der Waals surface area contributed by atoms with Crippen molar-refractivity contribution in [3.63, 3.8) is 0 Å². The van der Waals surface area contributed by atoms with Crippen LogP contribution in [0.4, 0.5) is 4.39 Å². The molecule has 1 unspecified atom stereocenters. The van der Waals surface area contributed by atoms with Gasteiger partial charge in [0.25, 0.3) is 0 Å². The summed E-state index contributed by atoms with van der Waals surface area (Å²) in [6.45, 7) is 0. The summed E-state index contributed by atoms with van der Waals surface area (Å²) in [4.78, 5) is 0. The molecular weight excluding hydrogens is 213 g/mol. The average Bonchev–Trinajstić information content (AvgIpc) is 2.33. The van der Waals surface area contributed by atoms with Gasteiger partial charge in [-0.25, -0.2) is 4.39 Å². The molecule has 2 heteroatoms. The van der Waals surface area contributed by atoms with Crippen molar-refractivity contribution in [3.8, 4) is 0 Å². The molecule has 2 aromatic carbocycles. The van der Waals surface area contributed by atoms with Crippen molar-refractivity contribution in [1.29, 1.82) is 0 Å². The van der Waals surface area contributed by atoms with E-state index in [1.165, 1.54) is 11.6 Å². The summed E-state index contributed by atoms with van der Waals surface area (Å²) >= 11 is 0. The molecule has 0 bridgehead atoms. The quantitative estimate of drug-likeness (QED) is 0.857. The van der Waals surface area contributed by atoms with Gasteiger partial charge in [0.15, 0.2) is 0 Å². The summed E-state index contributed by atoms with van der Waals surface area (Å²) in [5, 5.41) is 0. The van der Waals surface area contributed by atoms with Gasteiger partial charge >= 0.3 is 0 Å². The summed E-state index contributed by atoms with van der Waals surface area (Å²) in [6, 6.07) is 16.8. The summed E-state index contributed by atoms with van der Waals surface area (Å²) in [5.74, 6) is -0.170. The van der Waals surface area contributed by atoms with Gasteiger partial charge in [-0.05, 0) is 30.0 Å². The van der Waals surface area contributed by atoms with E-state index in [2.05, 4.69) is 0 Å². The van der Waals surface area contributed by atoms with E-state index in [4.69, 9.17) is 5.73 Å². The Hall–Kier alpha value is -1.67. The van der Waals surface area contributed by atoms with Gasteiger partial charge in [-0.3, -0.25) is 0 Å². The lowest BCUT2D eigenvalue weighted by atomic mass is 9.99. The molecule has 0 aliphatic rings. The molecule has 17 heavy (non-hydrogen) atoms. The number of halogens is 1. The Kier molecular flexibility index (Phi) is 3.89. The van der Waals surface area contributed by atoms with Crippen LogP contribution in [0.2, 0.25) is 0 Å². The van der Waals surface area contributed by atoms with Crippen LogP contribution in [0.25, 0.3) is 0 Å². The fraction of sp³-hybridized carbons (Fsp3) is 0.200. The van der Waals surface area contributed by atoms with Gasteiger partial charge in [-0.1, -0.05) is 48.5 Å². The first kappa shape index (κ1) is 11.8. The normalized spacial score (nSPS) is 12.4. The predicted octanol–water partition coefficient (Wildman–Crippen LogP) is 2.94. The molecule has 88 valence electrons. The van der Waals surface area contributed by atoms with Crippen LogP contribution in [-0.4, -0.2) is 6.04 Å². The lowest BCUT2D eigenvalue weighted by Crippen LogP contribution is -2.25. The minimum absolute atomic E-state index is 0.0469. The van der Waals surface area contributed by atoms with Crippen molar-refractivity contribution in [1.82, 2.24) is 0 Å². The summed E-state index contributed by atoms with van der Waals surface area (Å²) in [5.41, 5.74) is 7.92. The van der Waals surface area contributed by atoms with Crippen molar-refractivity contribution in [2.75, 3.05) is 0 Å². The second-order valence-electron chi connectivity index (χ2n) is 4.25. The van der Waals surface area contributed by atoms with Gasteiger partial charge in [0.05, 0.1) is 0 Å². The Morgan fingerprint density at radius 3 is 2.24 bits per heavy atom. The summed E-state index contributed by atoms with van der Waals surface area (Å²) in [6.07, 6.45) is 1.34. The molecule has 0 aliphatic heterocycles. The zero-order valence-electron chi connectivity index (χ0n) is 9.64. The topological polar surface area (TPSA) is 26.0 Å². The first-order valence-electron chi connectivity index (χ1n) is 5.78. The molecule has 0 saturated carbocycles. The van der Waals surface area contributed by atoms with Crippen LogP contribution >= 0.6 is 0 Å². The first-order valence-corrected chi connectivity index (χ1v) is 5.78. The molecule has 0 heterocycles. The number of rotatable bonds is 4. The molecule has 0 amide bonds. The second-order valence-corrected chi connectivity index (χ2v) is 4.25. The zero-order chi connectivity index (χ0) is 12.1. The fourth-order valence-corrected chi connectivity index (χ4v) is 1.94. The van der Waals surface area contributed by atoms with Crippen molar-refractivity contribution >= 4 is 0 Å². The van der Waals surface area contributed by atoms with E-state index in [-0.39, 0.29) is 11.9 Å². The lowest BCUT2D eigenvalue weighted by Gasteiger charge is -2.12. The highest BCUT2D eigenvalue weighted by Gasteiger charge is 2.08. The van der Waals surface area contributed by atoms with Crippen LogP contribution in [0.15, 0.2) is 54.6 Å². The maximum atomic E-state index is 13.4. The van der Waals surface area contributed by atoms with E-state index >= 15 is 0 Å². The Morgan fingerprint density at radius 1 is 0.882 bits per heavy atom. The Morgan fingerprint density at radius 2 is 1.53 bits per heavy atom. The molecule has 1 nitrogen and oxygen atoms in total. The first-order chi connectivity index (χ1) is 8.25. The van der Waals surface area contributed by atoms with Crippen LogP contribution in [-0.2, 0) is 12.8 Å². The van der Waals surface area contributed by atoms with Crippen LogP contribution in [0.1, 0.15) is 11.1 Å². The highest BCUT2D eigenvalue weighted by molar-refractivity contribution is 5.20. The minimum Gasteiger partial charge on any atom is -0.327 e. The number of nitrogens with two attached hydrogens (primary N) is 1. The van der Waals surface area contributed by atoms with Crippen molar-refractivity contribution < 1.29 is 4.39 Å². The molecule has 0 spiro atoms. The van der Waals surface area contributed by atoms with Crippen LogP contribution in [0, 0.1) is 5.82 Å². The van der Waals surface area contributed by atoms with Gasteiger partial charge in [-0.2, -0.15) is 0 Å². The Labute approximate surface area is 101 Å². The molecule has 1 atom stereocenters. The molecule has 0 aromatic heterocycles. The molecule has 2 N–H and O–H groups in total. The molecule has 0 fully saturated rings. The van der Waals surface area contributed by atoms with Crippen molar-refractivity contribution in [2.24, 2.45) is 5.73 Å². The van der Waals surface area contributed by atoms with Crippen LogP contribution < -0.4 is 5.73 Å². The Bertz CT molecular complexity index is 467. The van der Waals surface area contributed by atoms with E-state index in [0.29, 0.717) is 12.0 Å². The fourth-order valence-electron chi connectivity index (χ4n) is 1.94. The van der Waals surface area contributed by atoms with E-state index < -0.39 is 0 Å². The number of hydrogen-bond acceptors (Lipinski definition) is 1. The SMILES string of the molecule is NC(Cc1ccccc1)Cc1ccccc1F. The molecule has 2 aromatic rings. The van der Waals surface area contributed by atoms with Crippen molar-refractivity contribution in [2.45, 2.75) is 18.9 Å². The van der Waals surface area contributed by atoms with Gasteiger partial charge in [0, 0.05) is 6.04 Å². The third-order valence-corrected chi connectivity index (χ3v) is 2.78. The third kappa shape index (κ3) is 3.40. The highest BCUT2D eigenvalue weighted by Crippen LogP contribution is 2.11. The number of benzene rings is 2. The minimum atomic E-state index is -0.170. The van der Waals surface area contributed by atoms with Gasteiger partial charge in [-0.15, -0.1) is 0 Å². The van der Waals surface area contributed by atoms with E-state index in [1.54, 1.807) is 12.1 Å². The third-order valence-electron chi connectivity index (χ3n) is 2.78. The smallest absolute Gasteiger partial charge is 0.126 e. The van der Waals surface area contributed by atoms with Crippen LogP contribution in [0.3, 0.4) is 0 Å². The lowest BCUT2D eigenvalue weighted by molar-refractivity contribution is 0.584.